The van der Waals surface area contributed by atoms with E-state index in [0.717, 1.165) is 18.8 Å². The van der Waals surface area contributed by atoms with Gasteiger partial charge < -0.3 is 10.1 Å². The molecule has 3 rings (SSSR count). The van der Waals surface area contributed by atoms with Crippen LogP contribution < -0.4 is 10.1 Å². The quantitative estimate of drug-likeness (QED) is 0.838. The van der Waals surface area contributed by atoms with Crippen molar-refractivity contribution in [3.63, 3.8) is 0 Å². The van der Waals surface area contributed by atoms with Gasteiger partial charge in [-0.2, -0.15) is 0 Å². The number of carbonyl (C=O) groups is 1. The van der Waals surface area contributed by atoms with Gasteiger partial charge in [0.2, 0.25) is 0 Å². The zero-order valence-corrected chi connectivity index (χ0v) is 14.7. The van der Waals surface area contributed by atoms with Gasteiger partial charge in [-0.05, 0) is 51.1 Å². The van der Waals surface area contributed by atoms with Gasteiger partial charge in [0.15, 0.2) is 0 Å². The number of ether oxygens (including phenoxy) is 1. The Bertz CT molecular complexity index is 654. The molecule has 1 fully saturated rings. The highest BCUT2D eigenvalue weighted by Gasteiger charge is 2.18. The topological polar surface area (TPSA) is 54.5 Å². The van der Waals surface area contributed by atoms with E-state index in [1.165, 1.54) is 12.8 Å². The normalized spacial score (nSPS) is 16.0. The molecule has 1 N–H and O–H groups in total. The molecule has 0 saturated carbocycles. The Kier molecular flexibility index (Phi) is 5.82. The number of hydrogen-bond donors (Lipinski definition) is 1. The molecule has 2 aromatic rings. The summed E-state index contributed by atoms with van der Waals surface area (Å²) in [4.78, 5) is 19.0. The monoisotopic (exact) mass is 345 g/mol. The lowest BCUT2D eigenvalue weighted by molar-refractivity contribution is 0.0940. The first-order valence-corrected chi connectivity index (χ1v) is 9.29. The van der Waals surface area contributed by atoms with Crippen LogP contribution in [0.25, 0.3) is 0 Å². The highest BCUT2D eigenvalue weighted by atomic mass is 32.1. The van der Waals surface area contributed by atoms with Crippen LogP contribution in [0.15, 0.2) is 35.2 Å². The number of nitrogens with zero attached hydrogens (tertiary/aromatic N) is 2. The minimum atomic E-state index is -0.0554. The standard InChI is InChI=1S/C18H23N3O2S/c1-14(21-7-2-3-8-21)10-19-18(22)15-5-4-6-17(9-15)23-11-16-12-24-13-20-16/h4-6,9,12-14H,2-3,7-8,10-11H2,1H3,(H,19,22)/t14-/m1/s1. The fraction of sp³-hybridized carbons (Fsp3) is 0.444. The molecule has 24 heavy (non-hydrogen) atoms. The zero-order chi connectivity index (χ0) is 16.8. The Morgan fingerprint density at radius 3 is 3.00 bits per heavy atom. The number of benzene rings is 1. The van der Waals surface area contributed by atoms with E-state index in [-0.39, 0.29) is 5.91 Å². The van der Waals surface area contributed by atoms with Crippen LogP contribution >= 0.6 is 11.3 Å². The van der Waals surface area contributed by atoms with Crippen molar-refractivity contribution < 1.29 is 9.53 Å². The number of amides is 1. The molecule has 0 unspecified atom stereocenters. The number of rotatable bonds is 7. The van der Waals surface area contributed by atoms with Gasteiger partial charge in [0.25, 0.3) is 5.91 Å². The molecule has 6 heteroatoms. The largest absolute Gasteiger partial charge is 0.487 e. The van der Waals surface area contributed by atoms with Crippen LogP contribution in [0.5, 0.6) is 5.75 Å². The van der Waals surface area contributed by atoms with E-state index < -0.39 is 0 Å². The van der Waals surface area contributed by atoms with Crippen molar-refractivity contribution in [2.45, 2.75) is 32.4 Å². The van der Waals surface area contributed by atoms with Crippen LogP contribution in [-0.2, 0) is 6.61 Å². The molecule has 1 saturated heterocycles. The number of aromatic nitrogens is 1. The van der Waals surface area contributed by atoms with Gasteiger partial charge in [-0.15, -0.1) is 11.3 Å². The first-order chi connectivity index (χ1) is 11.7. The molecule has 1 aliphatic heterocycles. The van der Waals surface area contributed by atoms with Gasteiger partial charge >= 0.3 is 0 Å². The number of thiazole rings is 1. The lowest BCUT2D eigenvalue weighted by atomic mass is 10.2. The lowest BCUT2D eigenvalue weighted by Gasteiger charge is -2.23. The summed E-state index contributed by atoms with van der Waals surface area (Å²) in [5, 5.41) is 4.98. The van der Waals surface area contributed by atoms with Gasteiger partial charge in [0.05, 0.1) is 11.2 Å². The van der Waals surface area contributed by atoms with E-state index in [4.69, 9.17) is 4.74 Å². The van der Waals surface area contributed by atoms with E-state index in [9.17, 15) is 4.79 Å². The van der Waals surface area contributed by atoms with Crippen LogP contribution in [0.2, 0.25) is 0 Å². The van der Waals surface area contributed by atoms with Crippen LogP contribution in [-0.4, -0.2) is 41.5 Å². The summed E-state index contributed by atoms with van der Waals surface area (Å²) in [5.74, 6) is 0.628. The van der Waals surface area contributed by atoms with Gasteiger partial charge in [-0.1, -0.05) is 6.07 Å². The van der Waals surface area contributed by atoms with Crippen molar-refractivity contribution in [3.05, 3.63) is 46.4 Å². The Labute approximate surface area is 146 Å². The first-order valence-electron chi connectivity index (χ1n) is 8.34. The third-order valence-corrected chi connectivity index (χ3v) is 4.92. The predicted molar refractivity (Wildman–Crippen MR) is 95.5 cm³/mol. The Morgan fingerprint density at radius 1 is 1.42 bits per heavy atom. The number of nitrogens with one attached hydrogen (secondary N) is 1. The van der Waals surface area contributed by atoms with Crippen LogP contribution in [0.1, 0.15) is 35.8 Å². The van der Waals surface area contributed by atoms with Gasteiger partial charge in [-0.25, -0.2) is 4.98 Å². The van der Waals surface area contributed by atoms with Crippen LogP contribution in [0.3, 0.4) is 0 Å². The molecule has 2 heterocycles. The second-order valence-corrected chi connectivity index (χ2v) is 6.82. The maximum absolute atomic E-state index is 12.4. The zero-order valence-electron chi connectivity index (χ0n) is 13.9. The Morgan fingerprint density at radius 2 is 2.25 bits per heavy atom. The molecule has 0 radical (unpaired) electrons. The molecule has 128 valence electrons. The van der Waals surface area contributed by atoms with Crippen molar-refractivity contribution in [2.75, 3.05) is 19.6 Å². The molecular formula is C18H23N3O2S. The average Bonchev–Trinajstić information content (AvgIpc) is 3.31. The highest BCUT2D eigenvalue weighted by molar-refractivity contribution is 7.07. The minimum absolute atomic E-state index is 0.0554. The smallest absolute Gasteiger partial charge is 0.251 e. The molecule has 5 nitrogen and oxygen atoms in total. The van der Waals surface area contributed by atoms with Crippen molar-refractivity contribution in [1.82, 2.24) is 15.2 Å². The van der Waals surface area contributed by atoms with Crippen molar-refractivity contribution in [3.8, 4) is 5.75 Å². The molecule has 1 aromatic heterocycles. The first kappa shape index (κ1) is 16.9. The highest BCUT2D eigenvalue weighted by Crippen LogP contribution is 2.16. The summed E-state index contributed by atoms with van der Waals surface area (Å²) in [6.07, 6.45) is 2.52. The minimum Gasteiger partial charge on any atom is -0.487 e. The van der Waals surface area contributed by atoms with Crippen molar-refractivity contribution in [1.29, 1.82) is 0 Å². The van der Waals surface area contributed by atoms with Gasteiger partial charge in [0, 0.05) is 23.5 Å². The summed E-state index contributed by atoms with van der Waals surface area (Å²) in [6, 6.07) is 7.67. The maximum atomic E-state index is 12.4. The maximum Gasteiger partial charge on any atom is 0.251 e. The number of likely N-dealkylation sites (tertiary alicyclic amines) is 1. The van der Waals surface area contributed by atoms with Gasteiger partial charge in [-0.3, -0.25) is 9.69 Å². The Balaban J connectivity index is 1.51. The van der Waals surface area contributed by atoms with Crippen molar-refractivity contribution >= 4 is 17.2 Å². The fourth-order valence-corrected chi connectivity index (χ4v) is 3.39. The molecule has 0 bridgehead atoms. The van der Waals surface area contributed by atoms with Crippen LogP contribution in [0, 0.1) is 0 Å². The molecule has 1 aliphatic rings. The van der Waals surface area contributed by atoms with E-state index in [0.29, 0.717) is 30.5 Å². The molecule has 1 atom stereocenters. The van der Waals surface area contributed by atoms with E-state index in [1.807, 2.05) is 23.6 Å². The van der Waals surface area contributed by atoms with Gasteiger partial charge in [0.1, 0.15) is 12.4 Å². The molecular weight excluding hydrogens is 322 g/mol. The molecule has 1 amide bonds. The predicted octanol–water partition coefficient (Wildman–Crippen LogP) is 2.94. The fourth-order valence-electron chi connectivity index (χ4n) is 2.85. The average molecular weight is 345 g/mol. The summed E-state index contributed by atoms with van der Waals surface area (Å²) in [5.41, 5.74) is 3.30. The van der Waals surface area contributed by atoms with Crippen LogP contribution in [0.4, 0.5) is 0 Å². The third kappa shape index (κ3) is 4.55. The second kappa shape index (κ2) is 8.26. The summed E-state index contributed by atoms with van der Waals surface area (Å²) in [7, 11) is 0. The summed E-state index contributed by atoms with van der Waals surface area (Å²) >= 11 is 1.54. The third-order valence-electron chi connectivity index (χ3n) is 4.29. The molecule has 0 aliphatic carbocycles. The van der Waals surface area contributed by atoms with E-state index >= 15 is 0 Å². The lowest BCUT2D eigenvalue weighted by Crippen LogP contribution is -2.40. The van der Waals surface area contributed by atoms with E-state index in [1.54, 1.807) is 22.9 Å². The number of hydrogen-bond acceptors (Lipinski definition) is 5. The summed E-state index contributed by atoms with van der Waals surface area (Å²) < 4.78 is 5.70. The van der Waals surface area contributed by atoms with E-state index in [2.05, 4.69) is 22.1 Å². The second-order valence-electron chi connectivity index (χ2n) is 6.10. The molecule has 0 spiro atoms. The number of carbonyl (C=O) groups excluding carboxylic acids is 1. The Hall–Kier alpha value is -1.92. The summed E-state index contributed by atoms with van der Waals surface area (Å²) in [6.45, 7) is 5.52. The SMILES string of the molecule is C[C@H](CNC(=O)c1cccc(OCc2cscn2)c1)N1CCCC1. The molecule has 1 aromatic carbocycles. The van der Waals surface area contributed by atoms with Crippen molar-refractivity contribution in [2.24, 2.45) is 0 Å².